The van der Waals surface area contributed by atoms with E-state index in [0.717, 1.165) is 6.07 Å². The highest BCUT2D eigenvalue weighted by molar-refractivity contribution is 5.91. The SMILES string of the molecule is C[n+]1ccccc1C(=O)N1CCCC[C@@H]1[C@@H](O)c1cc(C(F)(F)F)nc2c(C(F)(F)F)cccc12.[I-]. The average Bonchev–Trinajstić information content (AvgIpc) is 2.81. The van der Waals surface area contributed by atoms with Gasteiger partial charge in [-0.3, -0.25) is 4.79 Å². The number of alkyl halides is 6. The average molecular weight is 625 g/mol. The number of carbonyl (C=O) groups is 1. The molecule has 0 saturated carbocycles. The molecular weight excluding hydrogens is 603 g/mol. The second kappa shape index (κ2) is 10.5. The number of aliphatic hydroxyl groups excluding tert-OH is 1. The third-order valence-electron chi connectivity index (χ3n) is 6.23. The van der Waals surface area contributed by atoms with Crippen LogP contribution in [0.25, 0.3) is 10.9 Å². The van der Waals surface area contributed by atoms with Gasteiger partial charge in [0.05, 0.1) is 17.1 Å². The number of para-hydroxylation sites is 1. The van der Waals surface area contributed by atoms with Gasteiger partial charge in [0.25, 0.3) is 5.69 Å². The molecule has 2 aromatic heterocycles. The number of halogens is 7. The topological polar surface area (TPSA) is 57.3 Å². The summed E-state index contributed by atoms with van der Waals surface area (Å²) < 4.78 is 83.2. The highest BCUT2D eigenvalue weighted by Gasteiger charge is 2.41. The van der Waals surface area contributed by atoms with Crippen molar-refractivity contribution in [2.45, 2.75) is 43.8 Å². The number of rotatable bonds is 3. The summed E-state index contributed by atoms with van der Waals surface area (Å²) in [4.78, 5) is 18.0. The number of hydrogen-bond donors (Lipinski definition) is 1. The number of fused-ring (bicyclic) bond motifs is 1. The minimum atomic E-state index is -5.04. The van der Waals surface area contributed by atoms with Gasteiger partial charge in [0, 0.05) is 24.1 Å². The number of likely N-dealkylation sites (tertiary alicyclic amines) is 1. The normalized spacial score (nSPS) is 17.6. The van der Waals surface area contributed by atoms with Crippen molar-refractivity contribution >= 4 is 16.8 Å². The van der Waals surface area contributed by atoms with Gasteiger partial charge < -0.3 is 34.0 Å². The summed E-state index contributed by atoms with van der Waals surface area (Å²) in [5.74, 6) is -0.428. The molecule has 1 aliphatic heterocycles. The van der Waals surface area contributed by atoms with E-state index in [1.165, 1.54) is 11.0 Å². The summed E-state index contributed by atoms with van der Waals surface area (Å²) in [6.45, 7) is 0.248. The number of aliphatic hydroxyl groups is 1. The van der Waals surface area contributed by atoms with Crippen molar-refractivity contribution in [3.05, 3.63) is 71.2 Å². The highest BCUT2D eigenvalue weighted by Crippen LogP contribution is 2.40. The van der Waals surface area contributed by atoms with E-state index in [2.05, 4.69) is 4.98 Å². The lowest BCUT2D eigenvalue weighted by Crippen LogP contribution is -3.00. The molecule has 0 bridgehead atoms. The lowest BCUT2D eigenvalue weighted by Gasteiger charge is -2.38. The van der Waals surface area contributed by atoms with Crippen LogP contribution in [0.2, 0.25) is 0 Å². The number of carbonyl (C=O) groups excluding carboxylic acids is 1. The number of aromatic nitrogens is 2. The maximum absolute atomic E-state index is 13.6. The molecule has 3 aromatic rings. The van der Waals surface area contributed by atoms with Crippen molar-refractivity contribution in [3.63, 3.8) is 0 Å². The number of hydrogen-bond acceptors (Lipinski definition) is 3. The minimum absolute atomic E-state index is 0. The Balaban J connectivity index is 0.00000361. The van der Waals surface area contributed by atoms with Crippen LogP contribution in [0.5, 0.6) is 0 Å². The van der Waals surface area contributed by atoms with E-state index in [9.17, 15) is 36.2 Å². The zero-order chi connectivity index (χ0) is 25.5. The number of amides is 1. The molecular formula is C24H22F6IN3O2. The van der Waals surface area contributed by atoms with Crippen molar-refractivity contribution in [2.75, 3.05) is 6.54 Å². The molecule has 1 aromatic carbocycles. The Morgan fingerprint density at radius 1 is 1.08 bits per heavy atom. The summed E-state index contributed by atoms with van der Waals surface area (Å²) >= 11 is 0. The molecule has 1 amide bonds. The Kier molecular flexibility index (Phi) is 8.18. The fraction of sp³-hybridized carbons (Fsp3) is 0.375. The van der Waals surface area contributed by atoms with Gasteiger partial charge in [0.1, 0.15) is 18.8 Å². The van der Waals surface area contributed by atoms with E-state index in [0.29, 0.717) is 30.7 Å². The van der Waals surface area contributed by atoms with E-state index in [-0.39, 0.29) is 47.9 Å². The van der Waals surface area contributed by atoms with Gasteiger partial charge in [-0.15, -0.1) is 0 Å². The summed E-state index contributed by atoms with van der Waals surface area (Å²) in [5.41, 5.74) is -3.81. The number of pyridine rings is 2. The molecule has 4 rings (SSSR count). The summed E-state index contributed by atoms with van der Waals surface area (Å²) in [6, 6.07) is 7.51. The fourth-order valence-electron chi connectivity index (χ4n) is 4.53. The molecule has 194 valence electrons. The number of benzene rings is 1. The third kappa shape index (κ3) is 5.43. The van der Waals surface area contributed by atoms with Crippen molar-refractivity contribution in [1.82, 2.24) is 9.88 Å². The standard InChI is InChI=1S/C24H22F6N3O2.HI/c1-32-11-4-2-10-18(32)22(35)33-12-5-3-9-17(33)21(34)15-13-19(24(28,29)30)31-20-14(15)7-6-8-16(20)23(25,26)27;/h2,4,6-8,10-11,13,17,21,34H,3,5,9,12H2,1H3;1H/q+1;/p-1/t17-,21+;/m1./s1. The molecule has 1 fully saturated rings. The largest absolute Gasteiger partial charge is 1.00 e. The zero-order valence-electron chi connectivity index (χ0n) is 18.9. The first kappa shape index (κ1) is 28.1. The molecule has 0 unspecified atom stereocenters. The van der Waals surface area contributed by atoms with Crippen LogP contribution in [0.3, 0.4) is 0 Å². The second-order valence-electron chi connectivity index (χ2n) is 8.50. The molecule has 1 saturated heterocycles. The van der Waals surface area contributed by atoms with Crippen molar-refractivity contribution in [3.8, 4) is 0 Å². The number of aryl methyl sites for hydroxylation is 1. The van der Waals surface area contributed by atoms with Crippen LogP contribution in [-0.2, 0) is 19.4 Å². The van der Waals surface area contributed by atoms with Crippen LogP contribution in [0.4, 0.5) is 26.3 Å². The predicted octanol–water partition coefficient (Wildman–Crippen LogP) is 1.83. The Morgan fingerprint density at radius 3 is 2.44 bits per heavy atom. The van der Waals surface area contributed by atoms with Gasteiger partial charge in [-0.2, -0.15) is 30.9 Å². The van der Waals surface area contributed by atoms with E-state index in [1.54, 1.807) is 36.0 Å². The number of piperidine rings is 1. The molecule has 2 atom stereocenters. The second-order valence-corrected chi connectivity index (χ2v) is 8.50. The van der Waals surface area contributed by atoms with Crippen LogP contribution in [0.1, 0.15) is 52.7 Å². The maximum Gasteiger partial charge on any atom is 0.433 e. The first-order valence-corrected chi connectivity index (χ1v) is 10.9. The van der Waals surface area contributed by atoms with E-state index in [1.807, 2.05) is 0 Å². The molecule has 1 aliphatic rings. The molecule has 1 N–H and O–H groups in total. The lowest BCUT2D eigenvalue weighted by atomic mass is 9.90. The van der Waals surface area contributed by atoms with E-state index < -0.39 is 47.2 Å². The Bertz CT molecular complexity index is 1260. The summed E-state index contributed by atoms with van der Waals surface area (Å²) in [6.07, 6.45) is -8.51. The van der Waals surface area contributed by atoms with Crippen LogP contribution in [-0.4, -0.2) is 33.5 Å². The van der Waals surface area contributed by atoms with Gasteiger partial charge in [-0.1, -0.05) is 12.1 Å². The first-order chi connectivity index (χ1) is 16.4. The molecule has 36 heavy (non-hydrogen) atoms. The molecule has 12 heteroatoms. The lowest BCUT2D eigenvalue weighted by molar-refractivity contribution is -0.673. The fourth-order valence-corrected chi connectivity index (χ4v) is 4.53. The van der Waals surface area contributed by atoms with Gasteiger partial charge in [-0.05, 0) is 43.0 Å². The zero-order valence-corrected chi connectivity index (χ0v) is 21.1. The Hall–Kier alpha value is -2.48. The molecule has 0 spiro atoms. The molecule has 3 heterocycles. The van der Waals surface area contributed by atoms with Gasteiger partial charge in [0.2, 0.25) is 0 Å². The van der Waals surface area contributed by atoms with Crippen LogP contribution in [0, 0.1) is 0 Å². The quantitative estimate of drug-likeness (QED) is 0.275. The van der Waals surface area contributed by atoms with Gasteiger partial charge in [-0.25, -0.2) is 4.98 Å². The van der Waals surface area contributed by atoms with Crippen LogP contribution < -0.4 is 28.5 Å². The summed E-state index contributed by atoms with van der Waals surface area (Å²) in [5, 5.41) is 11.0. The molecule has 5 nitrogen and oxygen atoms in total. The van der Waals surface area contributed by atoms with Crippen LogP contribution >= 0.6 is 0 Å². The third-order valence-corrected chi connectivity index (χ3v) is 6.23. The van der Waals surface area contributed by atoms with Crippen molar-refractivity contribution in [2.24, 2.45) is 7.05 Å². The van der Waals surface area contributed by atoms with Gasteiger partial charge in [0.15, 0.2) is 6.20 Å². The molecule has 0 aliphatic carbocycles. The van der Waals surface area contributed by atoms with Gasteiger partial charge >= 0.3 is 18.3 Å². The summed E-state index contributed by atoms with van der Waals surface area (Å²) in [7, 11) is 1.66. The van der Waals surface area contributed by atoms with Crippen molar-refractivity contribution in [1.29, 1.82) is 0 Å². The monoisotopic (exact) mass is 625 g/mol. The maximum atomic E-state index is 13.6. The Labute approximate surface area is 219 Å². The predicted molar refractivity (Wildman–Crippen MR) is 113 cm³/mol. The molecule has 0 radical (unpaired) electrons. The highest BCUT2D eigenvalue weighted by atomic mass is 127. The first-order valence-electron chi connectivity index (χ1n) is 10.9. The smallest absolute Gasteiger partial charge is 0.433 e. The Morgan fingerprint density at radius 2 is 1.81 bits per heavy atom. The van der Waals surface area contributed by atoms with Crippen molar-refractivity contribution < 1.29 is 64.8 Å². The number of nitrogens with zero attached hydrogens (tertiary/aromatic N) is 3. The van der Waals surface area contributed by atoms with E-state index >= 15 is 0 Å². The van der Waals surface area contributed by atoms with Crippen LogP contribution in [0.15, 0.2) is 48.7 Å². The minimum Gasteiger partial charge on any atom is -1.00 e. The van der Waals surface area contributed by atoms with E-state index in [4.69, 9.17) is 0 Å².